The highest BCUT2D eigenvalue weighted by molar-refractivity contribution is 7.99. The molecule has 0 amide bonds. The van der Waals surface area contributed by atoms with Crippen LogP contribution in [0.2, 0.25) is 0 Å². The van der Waals surface area contributed by atoms with Gasteiger partial charge in [0.05, 0.1) is 12.3 Å². The normalized spacial score (nSPS) is 10.9. The van der Waals surface area contributed by atoms with Gasteiger partial charge in [-0.2, -0.15) is 0 Å². The maximum Gasteiger partial charge on any atom is 0.260 e. The van der Waals surface area contributed by atoms with E-state index in [1.807, 2.05) is 6.92 Å². The van der Waals surface area contributed by atoms with Crippen LogP contribution in [0.15, 0.2) is 39.0 Å². The molecule has 0 aliphatic carbocycles. The molecular weight excluding hydrogens is 279 g/mol. The Morgan fingerprint density at radius 2 is 2.30 bits per heavy atom. The SMILES string of the molecule is COCCNCc1cc(F)ccc1Sc1nc(C)co1. The molecule has 0 spiro atoms. The van der Waals surface area contributed by atoms with Crippen LogP contribution in [-0.2, 0) is 11.3 Å². The molecule has 0 radical (unpaired) electrons. The van der Waals surface area contributed by atoms with E-state index in [0.717, 1.165) is 22.7 Å². The largest absolute Gasteiger partial charge is 0.439 e. The van der Waals surface area contributed by atoms with Crippen molar-refractivity contribution in [3.8, 4) is 0 Å². The molecule has 0 saturated heterocycles. The number of oxazole rings is 1. The van der Waals surface area contributed by atoms with Crippen LogP contribution in [0.3, 0.4) is 0 Å². The van der Waals surface area contributed by atoms with Crippen LogP contribution >= 0.6 is 11.8 Å². The molecule has 6 heteroatoms. The van der Waals surface area contributed by atoms with Crippen LogP contribution in [0.25, 0.3) is 0 Å². The second-order valence-corrected chi connectivity index (χ2v) is 5.27. The predicted octanol–water partition coefficient (Wildman–Crippen LogP) is 3.01. The van der Waals surface area contributed by atoms with E-state index in [0.29, 0.717) is 18.4 Å². The molecule has 0 unspecified atom stereocenters. The van der Waals surface area contributed by atoms with Gasteiger partial charge in [-0.3, -0.25) is 0 Å². The van der Waals surface area contributed by atoms with Crippen molar-refractivity contribution < 1.29 is 13.5 Å². The summed E-state index contributed by atoms with van der Waals surface area (Å²) in [4.78, 5) is 5.17. The highest BCUT2D eigenvalue weighted by atomic mass is 32.2. The van der Waals surface area contributed by atoms with E-state index in [9.17, 15) is 4.39 Å². The van der Waals surface area contributed by atoms with Crippen molar-refractivity contribution in [3.63, 3.8) is 0 Å². The number of halogens is 1. The van der Waals surface area contributed by atoms with Gasteiger partial charge in [0.25, 0.3) is 5.22 Å². The van der Waals surface area contributed by atoms with E-state index in [1.165, 1.54) is 23.9 Å². The average molecular weight is 296 g/mol. The summed E-state index contributed by atoms with van der Waals surface area (Å²) in [6.07, 6.45) is 1.60. The van der Waals surface area contributed by atoms with Gasteiger partial charge in [0, 0.05) is 25.1 Å². The minimum atomic E-state index is -0.249. The lowest BCUT2D eigenvalue weighted by atomic mass is 10.2. The molecule has 0 aliphatic heterocycles. The van der Waals surface area contributed by atoms with Gasteiger partial charge in [0.2, 0.25) is 0 Å². The van der Waals surface area contributed by atoms with Crippen LogP contribution in [0.5, 0.6) is 0 Å². The molecule has 0 bridgehead atoms. The second-order valence-electron chi connectivity index (χ2n) is 4.28. The van der Waals surface area contributed by atoms with Gasteiger partial charge < -0.3 is 14.5 Å². The van der Waals surface area contributed by atoms with E-state index in [-0.39, 0.29) is 5.82 Å². The van der Waals surface area contributed by atoms with Gasteiger partial charge in [-0.15, -0.1) is 0 Å². The van der Waals surface area contributed by atoms with Crippen molar-refractivity contribution >= 4 is 11.8 Å². The third-order valence-electron chi connectivity index (χ3n) is 2.62. The number of nitrogens with one attached hydrogen (secondary N) is 1. The molecule has 0 fully saturated rings. The maximum absolute atomic E-state index is 13.4. The number of aromatic nitrogens is 1. The first-order chi connectivity index (χ1) is 9.69. The van der Waals surface area contributed by atoms with E-state index in [1.54, 1.807) is 19.4 Å². The molecule has 108 valence electrons. The van der Waals surface area contributed by atoms with E-state index in [2.05, 4.69) is 10.3 Å². The molecule has 1 heterocycles. The lowest BCUT2D eigenvalue weighted by Gasteiger charge is -2.09. The Bertz CT molecular complexity index is 560. The Labute approximate surface area is 121 Å². The molecule has 2 aromatic rings. The van der Waals surface area contributed by atoms with Crippen molar-refractivity contribution in [2.75, 3.05) is 20.3 Å². The Hall–Kier alpha value is -1.37. The number of ether oxygens (including phenoxy) is 1. The van der Waals surface area contributed by atoms with Gasteiger partial charge in [-0.05, 0) is 42.4 Å². The Morgan fingerprint density at radius 3 is 3.00 bits per heavy atom. The third-order valence-corrected chi connectivity index (χ3v) is 3.60. The summed E-state index contributed by atoms with van der Waals surface area (Å²) in [7, 11) is 1.65. The molecule has 0 atom stereocenters. The monoisotopic (exact) mass is 296 g/mol. The number of benzene rings is 1. The quantitative estimate of drug-likeness (QED) is 0.796. The van der Waals surface area contributed by atoms with Crippen LogP contribution in [-0.4, -0.2) is 25.2 Å². The Kier molecular flexibility index (Phi) is 5.58. The minimum absolute atomic E-state index is 0.249. The summed E-state index contributed by atoms with van der Waals surface area (Å²) < 4.78 is 23.6. The van der Waals surface area contributed by atoms with Crippen LogP contribution < -0.4 is 5.32 Å². The van der Waals surface area contributed by atoms with Crippen molar-refractivity contribution in [2.45, 2.75) is 23.6 Å². The van der Waals surface area contributed by atoms with Crippen molar-refractivity contribution in [1.29, 1.82) is 0 Å². The molecular formula is C14H17FN2O2S. The van der Waals surface area contributed by atoms with Crippen molar-refractivity contribution in [2.24, 2.45) is 0 Å². The first-order valence-electron chi connectivity index (χ1n) is 6.27. The molecule has 0 saturated carbocycles. The summed E-state index contributed by atoms with van der Waals surface area (Å²) in [5, 5.41) is 3.77. The first-order valence-corrected chi connectivity index (χ1v) is 7.09. The zero-order chi connectivity index (χ0) is 14.4. The predicted molar refractivity (Wildman–Crippen MR) is 75.3 cm³/mol. The van der Waals surface area contributed by atoms with Gasteiger partial charge >= 0.3 is 0 Å². The highest BCUT2D eigenvalue weighted by Gasteiger charge is 2.09. The van der Waals surface area contributed by atoms with Crippen molar-refractivity contribution in [3.05, 3.63) is 41.5 Å². The number of nitrogens with zero attached hydrogens (tertiary/aromatic N) is 1. The van der Waals surface area contributed by atoms with Gasteiger partial charge in [-0.1, -0.05) is 0 Å². The fourth-order valence-corrected chi connectivity index (χ4v) is 2.53. The van der Waals surface area contributed by atoms with Crippen LogP contribution in [0.4, 0.5) is 4.39 Å². The zero-order valence-electron chi connectivity index (χ0n) is 11.5. The van der Waals surface area contributed by atoms with Crippen LogP contribution in [0, 0.1) is 12.7 Å². The van der Waals surface area contributed by atoms with E-state index < -0.39 is 0 Å². The Balaban J connectivity index is 2.06. The average Bonchev–Trinajstić information content (AvgIpc) is 2.83. The van der Waals surface area contributed by atoms with Crippen LogP contribution in [0.1, 0.15) is 11.3 Å². The lowest BCUT2D eigenvalue weighted by Crippen LogP contribution is -2.19. The maximum atomic E-state index is 13.4. The smallest absolute Gasteiger partial charge is 0.260 e. The number of hydrogen-bond donors (Lipinski definition) is 1. The molecule has 1 aromatic carbocycles. The third kappa shape index (κ3) is 4.33. The van der Waals surface area contributed by atoms with Gasteiger partial charge in [0.15, 0.2) is 0 Å². The highest BCUT2D eigenvalue weighted by Crippen LogP contribution is 2.30. The summed E-state index contributed by atoms with van der Waals surface area (Å²) >= 11 is 1.39. The summed E-state index contributed by atoms with van der Waals surface area (Å²) in [6, 6.07) is 4.71. The van der Waals surface area contributed by atoms with Crippen molar-refractivity contribution in [1.82, 2.24) is 10.3 Å². The number of methoxy groups -OCH3 is 1. The molecule has 1 aromatic heterocycles. The fourth-order valence-electron chi connectivity index (χ4n) is 1.66. The lowest BCUT2D eigenvalue weighted by molar-refractivity contribution is 0.199. The van der Waals surface area contributed by atoms with E-state index in [4.69, 9.17) is 9.15 Å². The van der Waals surface area contributed by atoms with E-state index >= 15 is 0 Å². The summed E-state index contributed by atoms with van der Waals surface area (Å²) in [5.41, 5.74) is 1.70. The standard InChI is InChI=1S/C14H17FN2O2S/c1-10-9-19-14(17-10)20-13-4-3-12(15)7-11(13)8-16-5-6-18-2/h3-4,7,9,16H,5-6,8H2,1-2H3. The molecule has 2 rings (SSSR count). The van der Waals surface area contributed by atoms with Gasteiger partial charge in [-0.25, -0.2) is 9.37 Å². The zero-order valence-corrected chi connectivity index (χ0v) is 12.3. The summed E-state index contributed by atoms with van der Waals surface area (Å²) in [6.45, 7) is 3.78. The number of aryl methyl sites for hydroxylation is 1. The Morgan fingerprint density at radius 1 is 1.45 bits per heavy atom. The molecule has 1 N–H and O–H groups in total. The number of hydrogen-bond acceptors (Lipinski definition) is 5. The molecule has 0 aliphatic rings. The summed E-state index contributed by atoms with van der Waals surface area (Å²) in [5.74, 6) is -0.249. The molecule has 4 nitrogen and oxygen atoms in total. The number of rotatable bonds is 7. The second kappa shape index (κ2) is 7.42. The topological polar surface area (TPSA) is 47.3 Å². The minimum Gasteiger partial charge on any atom is -0.439 e. The van der Waals surface area contributed by atoms with Gasteiger partial charge in [0.1, 0.15) is 12.1 Å². The molecule has 20 heavy (non-hydrogen) atoms. The fraction of sp³-hybridized carbons (Fsp3) is 0.357. The first kappa shape index (κ1) is 15.0.